The standard InChI is InChI=1S/C19H26N2O3S/c1-14-5-3-4-6-17(14)25-13-18(22)20-11-15-7-8-16(12-20)21(19(15)23)9-10-24-2/h3-6,15-16H,7-13H2,1-2H3/t15-,16+/m1/s1. The summed E-state index contributed by atoms with van der Waals surface area (Å²) >= 11 is 1.58. The highest BCUT2D eigenvalue weighted by Gasteiger charge is 2.41. The quantitative estimate of drug-likeness (QED) is 0.728. The number of piperidine rings is 1. The Bertz CT molecular complexity index is 637. The maximum absolute atomic E-state index is 12.7. The van der Waals surface area contributed by atoms with Crippen LogP contribution in [0.2, 0.25) is 0 Å². The molecule has 0 saturated carbocycles. The van der Waals surface area contributed by atoms with E-state index in [1.807, 2.05) is 21.9 Å². The molecule has 3 heterocycles. The van der Waals surface area contributed by atoms with Crippen molar-refractivity contribution in [2.45, 2.75) is 30.7 Å². The number of hydrogen-bond acceptors (Lipinski definition) is 4. The van der Waals surface area contributed by atoms with E-state index in [0.717, 1.165) is 17.7 Å². The molecule has 2 amide bonds. The van der Waals surface area contributed by atoms with Crippen LogP contribution in [0, 0.1) is 12.8 Å². The summed E-state index contributed by atoms with van der Waals surface area (Å²) in [6, 6.07) is 8.25. The van der Waals surface area contributed by atoms with Gasteiger partial charge in [-0.15, -0.1) is 11.8 Å². The van der Waals surface area contributed by atoms with Gasteiger partial charge in [0.1, 0.15) is 0 Å². The van der Waals surface area contributed by atoms with Crippen LogP contribution < -0.4 is 0 Å². The van der Waals surface area contributed by atoms with E-state index in [4.69, 9.17) is 4.74 Å². The maximum atomic E-state index is 12.7. The normalized spacial score (nSPS) is 23.0. The summed E-state index contributed by atoms with van der Waals surface area (Å²) in [5.41, 5.74) is 1.19. The van der Waals surface area contributed by atoms with Crippen molar-refractivity contribution in [1.82, 2.24) is 9.80 Å². The van der Waals surface area contributed by atoms with E-state index in [1.54, 1.807) is 18.9 Å². The average Bonchev–Trinajstić information content (AvgIpc) is 2.90. The Kier molecular flexibility index (Phi) is 6.02. The first-order chi connectivity index (χ1) is 12.1. The zero-order valence-electron chi connectivity index (χ0n) is 14.9. The molecule has 1 aromatic carbocycles. The number of ether oxygens (including phenoxy) is 1. The lowest BCUT2D eigenvalue weighted by Crippen LogP contribution is -2.49. The second-order valence-corrected chi connectivity index (χ2v) is 7.82. The molecule has 1 aromatic rings. The number of benzene rings is 1. The molecule has 2 bridgehead atoms. The number of carbonyl (C=O) groups excluding carboxylic acids is 2. The molecule has 0 aliphatic carbocycles. The van der Waals surface area contributed by atoms with Crippen LogP contribution in [0.15, 0.2) is 29.2 Å². The molecule has 25 heavy (non-hydrogen) atoms. The molecule has 0 radical (unpaired) electrons. The fourth-order valence-electron chi connectivity index (χ4n) is 3.68. The highest BCUT2D eigenvalue weighted by atomic mass is 32.2. The minimum absolute atomic E-state index is 0.0528. The minimum Gasteiger partial charge on any atom is -0.383 e. The molecule has 136 valence electrons. The smallest absolute Gasteiger partial charge is 0.233 e. The Hall–Kier alpha value is -1.53. The van der Waals surface area contributed by atoms with E-state index in [1.165, 1.54) is 5.56 Å². The lowest BCUT2D eigenvalue weighted by Gasteiger charge is -2.35. The van der Waals surface area contributed by atoms with E-state index in [0.29, 0.717) is 32.0 Å². The minimum atomic E-state index is -0.0528. The second-order valence-electron chi connectivity index (χ2n) is 6.81. The van der Waals surface area contributed by atoms with Gasteiger partial charge in [-0.25, -0.2) is 0 Å². The summed E-state index contributed by atoms with van der Waals surface area (Å²) in [5.74, 6) is 0.695. The third kappa shape index (κ3) is 4.18. The van der Waals surface area contributed by atoms with E-state index >= 15 is 0 Å². The van der Waals surface area contributed by atoms with Crippen LogP contribution in [0.5, 0.6) is 0 Å². The number of carbonyl (C=O) groups is 2. The van der Waals surface area contributed by atoms with Crippen molar-refractivity contribution in [2.75, 3.05) is 39.1 Å². The van der Waals surface area contributed by atoms with Gasteiger partial charge in [0.05, 0.1) is 18.3 Å². The predicted molar refractivity (Wildman–Crippen MR) is 98.6 cm³/mol. The highest BCUT2D eigenvalue weighted by molar-refractivity contribution is 8.00. The van der Waals surface area contributed by atoms with Crippen LogP contribution in [0.4, 0.5) is 0 Å². The van der Waals surface area contributed by atoms with Gasteiger partial charge in [-0.2, -0.15) is 0 Å². The first-order valence-electron chi connectivity index (χ1n) is 8.85. The molecule has 5 nitrogen and oxygen atoms in total. The van der Waals surface area contributed by atoms with Gasteiger partial charge in [0.25, 0.3) is 0 Å². The highest BCUT2D eigenvalue weighted by Crippen LogP contribution is 2.30. The Morgan fingerprint density at radius 1 is 1.28 bits per heavy atom. The number of amides is 2. The van der Waals surface area contributed by atoms with Gasteiger partial charge in [0.2, 0.25) is 11.8 Å². The first-order valence-corrected chi connectivity index (χ1v) is 9.84. The van der Waals surface area contributed by atoms with Crippen LogP contribution in [-0.4, -0.2) is 66.8 Å². The molecule has 3 aliphatic rings. The summed E-state index contributed by atoms with van der Waals surface area (Å²) < 4.78 is 5.14. The second kappa shape index (κ2) is 8.23. The third-order valence-electron chi connectivity index (χ3n) is 5.13. The zero-order valence-corrected chi connectivity index (χ0v) is 15.8. The molecule has 0 N–H and O–H groups in total. The van der Waals surface area contributed by atoms with Crippen molar-refractivity contribution < 1.29 is 14.3 Å². The number of fused-ring (bicyclic) bond motifs is 4. The van der Waals surface area contributed by atoms with Crippen molar-refractivity contribution in [2.24, 2.45) is 5.92 Å². The molecule has 4 rings (SSSR count). The maximum Gasteiger partial charge on any atom is 0.233 e. The molecular formula is C19H26N2O3S. The molecule has 0 aromatic heterocycles. The molecule has 6 heteroatoms. The third-order valence-corrected chi connectivity index (χ3v) is 6.29. The van der Waals surface area contributed by atoms with Crippen LogP contribution >= 0.6 is 11.8 Å². The van der Waals surface area contributed by atoms with E-state index < -0.39 is 0 Å². The van der Waals surface area contributed by atoms with Crippen molar-refractivity contribution in [3.8, 4) is 0 Å². The van der Waals surface area contributed by atoms with Gasteiger partial charge in [-0.3, -0.25) is 9.59 Å². The van der Waals surface area contributed by atoms with Gasteiger partial charge < -0.3 is 14.5 Å². The summed E-state index contributed by atoms with van der Waals surface area (Å²) in [5, 5.41) is 0. The van der Waals surface area contributed by atoms with Crippen LogP contribution in [0.3, 0.4) is 0 Å². The fourth-order valence-corrected chi connectivity index (χ4v) is 4.61. The average molecular weight is 362 g/mol. The van der Waals surface area contributed by atoms with E-state index in [9.17, 15) is 9.59 Å². The largest absolute Gasteiger partial charge is 0.383 e. The number of hydrogen-bond donors (Lipinski definition) is 0. The fraction of sp³-hybridized carbons (Fsp3) is 0.579. The molecule has 3 aliphatic heterocycles. The first kappa shape index (κ1) is 18.3. The topological polar surface area (TPSA) is 49.9 Å². The Labute approximate surface area is 153 Å². The lowest BCUT2D eigenvalue weighted by molar-refractivity contribution is -0.140. The summed E-state index contributed by atoms with van der Waals surface area (Å²) in [6.45, 7) is 4.44. The van der Waals surface area contributed by atoms with E-state index in [-0.39, 0.29) is 23.8 Å². The monoisotopic (exact) mass is 362 g/mol. The summed E-state index contributed by atoms with van der Waals surface area (Å²) in [6.07, 6.45) is 1.87. The van der Waals surface area contributed by atoms with Gasteiger partial charge in [-0.1, -0.05) is 18.2 Å². The van der Waals surface area contributed by atoms with Crippen molar-refractivity contribution in [3.05, 3.63) is 29.8 Å². The Morgan fingerprint density at radius 3 is 2.84 bits per heavy atom. The molecular weight excluding hydrogens is 336 g/mol. The van der Waals surface area contributed by atoms with Gasteiger partial charge in [-0.05, 0) is 31.4 Å². The molecule has 3 fully saturated rings. The Balaban J connectivity index is 1.62. The van der Waals surface area contributed by atoms with Crippen molar-refractivity contribution in [3.63, 3.8) is 0 Å². The number of thioether (sulfide) groups is 1. The van der Waals surface area contributed by atoms with Crippen LogP contribution in [0.1, 0.15) is 18.4 Å². The van der Waals surface area contributed by atoms with Crippen molar-refractivity contribution in [1.29, 1.82) is 0 Å². The number of methoxy groups -OCH3 is 1. The van der Waals surface area contributed by atoms with Gasteiger partial charge in [0.15, 0.2) is 0 Å². The van der Waals surface area contributed by atoms with Gasteiger partial charge >= 0.3 is 0 Å². The summed E-state index contributed by atoms with van der Waals surface area (Å²) in [7, 11) is 1.65. The van der Waals surface area contributed by atoms with E-state index in [2.05, 4.69) is 19.1 Å². The summed E-state index contributed by atoms with van der Waals surface area (Å²) in [4.78, 5) is 30.3. The van der Waals surface area contributed by atoms with Crippen LogP contribution in [0.25, 0.3) is 0 Å². The Morgan fingerprint density at radius 2 is 2.08 bits per heavy atom. The molecule has 0 unspecified atom stereocenters. The lowest BCUT2D eigenvalue weighted by atomic mass is 9.94. The molecule has 2 atom stereocenters. The van der Waals surface area contributed by atoms with Crippen molar-refractivity contribution >= 4 is 23.6 Å². The zero-order chi connectivity index (χ0) is 17.8. The predicted octanol–water partition coefficient (Wildman–Crippen LogP) is 2.18. The molecule has 0 spiro atoms. The number of aryl methyl sites for hydroxylation is 1. The van der Waals surface area contributed by atoms with Gasteiger partial charge in [0, 0.05) is 37.7 Å². The number of nitrogens with zero attached hydrogens (tertiary/aromatic N) is 2. The molecule has 3 saturated heterocycles. The number of rotatable bonds is 6. The SMILES string of the molecule is COCCN1C(=O)[C@@H]2CC[C@H]1CN(C(=O)CSc1ccccc1C)C2. The van der Waals surface area contributed by atoms with Crippen LogP contribution in [-0.2, 0) is 14.3 Å².